The number of amides is 2. The molecule has 0 saturated carbocycles. The van der Waals surface area contributed by atoms with Crippen molar-refractivity contribution in [2.45, 2.75) is 6.92 Å². The Balaban J connectivity index is 2.14. The molecule has 2 rings (SSSR count). The second-order valence-electron chi connectivity index (χ2n) is 5.36. The highest BCUT2D eigenvalue weighted by Crippen LogP contribution is 2.22. The lowest BCUT2D eigenvalue weighted by atomic mass is 10.1. The van der Waals surface area contributed by atoms with E-state index in [-0.39, 0.29) is 16.8 Å². The Kier molecular flexibility index (Phi) is 6.25. The van der Waals surface area contributed by atoms with Gasteiger partial charge < -0.3 is 5.32 Å². The summed E-state index contributed by atoms with van der Waals surface area (Å²) < 4.78 is 0. The lowest BCUT2D eigenvalue weighted by Crippen LogP contribution is -2.31. The summed E-state index contributed by atoms with van der Waals surface area (Å²) in [5.74, 6) is -1.60. The van der Waals surface area contributed by atoms with Gasteiger partial charge in [0.1, 0.15) is 11.6 Å². The van der Waals surface area contributed by atoms with Crippen LogP contribution in [0.25, 0.3) is 0 Å². The van der Waals surface area contributed by atoms with Crippen LogP contribution in [-0.2, 0) is 4.79 Å². The van der Waals surface area contributed by atoms with E-state index < -0.39 is 16.7 Å². The number of hydrogen-bond acceptors (Lipinski definition) is 6. The average molecular weight is 385 g/mol. The van der Waals surface area contributed by atoms with Gasteiger partial charge in [0.25, 0.3) is 17.5 Å². The van der Waals surface area contributed by atoms with Crippen molar-refractivity contribution in [2.24, 2.45) is 0 Å². The molecule has 0 radical (unpaired) electrons. The zero-order chi connectivity index (χ0) is 20.0. The van der Waals surface area contributed by atoms with Crippen LogP contribution in [-0.4, -0.2) is 16.7 Å². The molecule has 0 aliphatic heterocycles. The van der Waals surface area contributed by atoms with Gasteiger partial charge in [-0.05, 0) is 36.8 Å². The first-order valence-corrected chi connectivity index (χ1v) is 7.92. The fraction of sp³-hybridized carbons (Fsp3) is 0.0556. The topological polar surface area (TPSA) is 125 Å². The minimum Gasteiger partial charge on any atom is -0.360 e. The van der Waals surface area contributed by atoms with Crippen molar-refractivity contribution < 1.29 is 14.5 Å². The molecule has 0 bridgehead atoms. The van der Waals surface area contributed by atoms with Crippen LogP contribution in [0, 0.1) is 28.4 Å². The van der Waals surface area contributed by atoms with Gasteiger partial charge in [0, 0.05) is 34.6 Å². The van der Waals surface area contributed by atoms with Gasteiger partial charge in [-0.1, -0.05) is 17.7 Å². The van der Waals surface area contributed by atoms with Gasteiger partial charge in [0.2, 0.25) is 0 Å². The predicted octanol–water partition coefficient (Wildman–Crippen LogP) is 3.33. The molecule has 0 spiro atoms. The number of nitriles is 1. The Bertz CT molecular complexity index is 978. The molecule has 0 unspecified atom stereocenters. The molecule has 0 atom stereocenters. The van der Waals surface area contributed by atoms with E-state index in [0.717, 1.165) is 6.20 Å². The number of benzene rings is 2. The molecule has 8 nitrogen and oxygen atoms in total. The number of aryl methyl sites for hydroxylation is 1. The van der Waals surface area contributed by atoms with Crippen LogP contribution in [0.3, 0.4) is 0 Å². The van der Waals surface area contributed by atoms with Crippen molar-refractivity contribution in [3.8, 4) is 6.07 Å². The van der Waals surface area contributed by atoms with Crippen LogP contribution in [0.15, 0.2) is 54.2 Å². The van der Waals surface area contributed by atoms with E-state index >= 15 is 0 Å². The van der Waals surface area contributed by atoms with Gasteiger partial charge in [0.15, 0.2) is 0 Å². The maximum atomic E-state index is 12.1. The maximum absolute atomic E-state index is 12.1. The molecule has 2 N–H and O–H groups in total. The van der Waals surface area contributed by atoms with Gasteiger partial charge in [-0.15, -0.1) is 0 Å². The number of carbonyl (C=O) groups excluding carboxylic acids is 2. The number of imide groups is 1. The molecule has 2 aromatic carbocycles. The van der Waals surface area contributed by atoms with E-state index in [4.69, 9.17) is 16.9 Å². The minimum absolute atomic E-state index is 0.141. The van der Waals surface area contributed by atoms with Gasteiger partial charge in [-0.2, -0.15) is 5.26 Å². The van der Waals surface area contributed by atoms with Gasteiger partial charge in [-0.3, -0.25) is 25.0 Å². The van der Waals surface area contributed by atoms with Crippen LogP contribution in [0.1, 0.15) is 15.9 Å². The van der Waals surface area contributed by atoms with E-state index in [1.807, 2.05) is 0 Å². The van der Waals surface area contributed by atoms with Crippen LogP contribution in [0.5, 0.6) is 0 Å². The van der Waals surface area contributed by atoms with Crippen LogP contribution < -0.4 is 10.6 Å². The SMILES string of the molecule is Cc1ccc([N+](=O)[O-])cc1N/C=C(\C#N)C(=O)NC(=O)c1ccc(Cl)cc1. The third-order valence-electron chi connectivity index (χ3n) is 3.50. The number of halogens is 1. The molecule has 9 heteroatoms. The summed E-state index contributed by atoms with van der Waals surface area (Å²) in [4.78, 5) is 34.4. The van der Waals surface area contributed by atoms with E-state index in [2.05, 4.69) is 10.6 Å². The summed E-state index contributed by atoms with van der Waals surface area (Å²) in [7, 11) is 0. The van der Waals surface area contributed by atoms with Crippen LogP contribution in [0.2, 0.25) is 5.02 Å². The second-order valence-corrected chi connectivity index (χ2v) is 5.80. The lowest BCUT2D eigenvalue weighted by molar-refractivity contribution is -0.384. The molecule has 0 saturated heterocycles. The summed E-state index contributed by atoms with van der Waals surface area (Å²) in [6.07, 6.45) is 1.08. The Labute approximate surface area is 159 Å². The predicted molar refractivity (Wildman–Crippen MR) is 99.1 cm³/mol. The second kappa shape index (κ2) is 8.60. The number of nitro benzene ring substituents is 1. The Hall–Kier alpha value is -3.70. The molecule has 136 valence electrons. The fourth-order valence-electron chi connectivity index (χ4n) is 2.02. The van der Waals surface area contributed by atoms with Crippen molar-refractivity contribution in [1.29, 1.82) is 5.26 Å². The maximum Gasteiger partial charge on any atom is 0.271 e. The summed E-state index contributed by atoms with van der Waals surface area (Å²) in [5.41, 5.74) is 0.716. The highest BCUT2D eigenvalue weighted by atomic mass is 35.5. The summed E-state index contributed by atoms with van der Waals surface area (Å²) in [6.45, 7) is 1.70. The number of non-ortho nitro benzene ring substituents is 1. The molecule has 27 heavy (non-hydrogen) atoms. The van der Waals surface area contributed by atoms with E-state index in [1.165, 1.54) is 42.5 Å². The molecule has 0 aliphatic carbocycles. The van der Waals surface area contributed by atoms with Crippen molar-refractivity contribution in [1.82, 2.24) is 5.32 Å². The molecule has 2 aromatic rings. The summed E-state index contributed by atoms with van der Waals surface area (Å²) >= 11 is 5.74. The van der Waals surface area contributed by atoms with E-state index in [9.17, 15) is 19.7 Å². The fourth-order valence-corrected chi connectivity index (χ4v) is 2.15. The molecular formula is C18H13ClN4O4. The highest BCUT2D eigenvalue weighted by Gasteiger charge is 2.15. The quantitative estimate of drug-likeness (QED) is 0.352. The Morgan fingerprint density at radius 3 is 2.48 bits per heavy atom. The van der Waals surface area contributed by atoms with E-state index in [0.29, 0.717) is 16.3 Å². The molecule has 2 amide bonds. The smallest absolute Gasteiger partial charge is 0.271 e. The normalized spacial score (nSPS) is 10.6. The number of nitrogens with one attached hydrogen (secondary N) is 2. The first kappa shape index (κ1) is 19.6. The Morgan fingerprint density at radius 1 is 1.22 bits per heavy atom. The third-order valence-corrected chi connectivity index (χ3v) is 3.75. The number of nitrogens with zero attached hydrogens (tertiary/aromatic N) is 2. The number of nitro groups is 1. The first-order chi connectivity index (χ1) is 12.8. The highest BCUT2D eigenvalue weighted by molar-refractivity contribution is 6.30. The van der Waals surface area contributed by atoms with Gasteiger partial charge >= 0.3 is 0 Å². The minimum atomic E-state index is -0.909. The third kappa shape index (κ3) is 5.14. The standard InChI is InChI=1S/C18H13ClN4O4/c1-11-2-7-15(23(26)27)8-16(11)21-10-13(9-20)18(25)22-17(24)12-3-5-14(19)6-4-12/h2-8,10,21H,1H3,(H,22,24,25)/b13-10+. The number of hydrogen-bond donors (Lipinski definition) is 2. The van der Waals surface area contributed by atoms with Crippen molar-refractivity contribution in [3.63, 3.8) is 0 Å². The van der Waals surface area contributed by atoms with Gasteiger partial charge in [-0.25, -0.2) is 0 Å². The largest absolute Gasteiger partial charge is 0.360 e. The lowest BCUT2D eigenvalue weighted by Gasteiger charge is -2.07. The van der Waals surface area contributed by atoms with Crippen LogP contribution >= 0.6 is 11.6 Å². The summed E-state index contributed by atoms with van der Waals surface area (Å²) in [5, 5.41) is 25.2. The number of rotatable bonds is 5. The van der Waals surface area contributed by atoms with Crippen molar-refractivity contribution in [3.05, 3.63) is 80.5 Å². The van der Waals surface area contributed by atoms with E-state index in [1.54, 1.807) is 13.0 Å². The first-order valence-electron chi connectivity index (χ1n) is 7.55. The van der Waals surface area contributed by atoms with Crippen molar-refractivity contribution >= 4 is 34.8 Å². The molecule has 0 aromatic heterocycles. The molecular weight excluding hydrogens is 372 g/mol. The Morgan fingerprint density at radius 2 is 1.89 bits per heavy atom. The zero-order valence-corrected chi connectivity index (χ0v) is 14.8. The monoisotopic (exact) mass is 384 g/mol. The van der Waals surface area contributed by atoms with Crippen molar-refractivity contribution in [2.75, 3.05) is 5.32 Å². The molecule has 0 aliphatic rings. The molecule has 0 heterocycles. The number of carbonyl (C=O) groups is 2. The zero-order valence-electron chi connectivity index (χ0n) is 14.0. The average Bonchev–Trinajstić information content (AvgIpc) is 2.63. The number of anilines is 1. The summed E-state index contributed by atoms with van der Waals surface area (Å²) in [6, 6.07) is 11.7. The molecule has 0 fully saturated rings. The van der Waals surface area contributed by atoms with Gasteiger partial charge in [0.05, 0.1) is 4.92 Å². The van der Waals surface area contributed by atoms with Crippen LogP contribution in [0.4, 0.5) is 11.4 Å².